The summed E-state index contributed by atoms with van der Waals surface area (Å²) in [5.74, 6) is -0.640. The number of carboxylic acid groups (broad SMARTS) is 1. The van der Waals surface area contributed by atoms with Gasteiger partial charge in [0, 0.05) is 22.7 Å². The smallest absolute Gasteiger partial charge is 0.436 e. The second-order valence-electron chi connectivity index (χ2n) is 9.22. The molecule has 1 saturated heterocycles. The van der Waals surface area contributed by atoms with Crippen LogP contribution >= 0.6 is 22.9 Å². The predicted octanol–water partition coefficient (Wildman–Crippen LogP) is 5.61. The summed E-state index contributed by atoms with van der Waals surface area (Å²) in [6, 6.07) is 7.49. The first-order chi connectivity index (χ1) is 18.6. The number of fused-ring (bicyclic) bond motifs is 1. The van der Waals surface area contributed by atoms with E-state index in [0.29, 0.717) is 52.6 Å². The number of imidazole rings is 1. The fourth-order valence-corrected chi connectivity index (χ4v) is 6.10. The standard InChI is InChI=1S/C25H18ClF3N6O3S/c26-13-1-3-17(34-11-21(32-33-34)25(27,28)29)15(9-13)12-7-14-2-4-18(35(14)22(36)8-12)23-30-10-16(31-23)19-5-6-20(39-19)24(37)38/h1,3,5-6,8-11,14,18H,2,4,7H2,(H,30,31)(H,37,38). The van der Waals surface area contributed by atoms with E-state index in [1.54, 1.807) is 35.4 Å². The lowest BCUT2D eigenvalue weighted by atomic mass is 9.92. The van der Waals surface area contributed by atoms with Crippen molar-refractivity contribution in [2.24, 2.45) is 0 Å². The number of rotatable bonds is 5. The molecule has 2 aliphatic heterocycles. The number of aromatic nitrogens is 5. The molecule has 2 N–H and O–H groups in total. The predicted molar refractivity (Wildman–Crippen MR) is 135 cm³/mol. The third-order valence-corrected chi connectivity index (χ3v) is 8.18. The monoisotopic (exact) mass is 574 g/mol. The number of benzene rings is 1. The number of carboxylic acids is 1. The van der Waals surface area contributed by atoms with Crippen molar-refractivity contribution in [1.82, 2.24) is 29.9 Å². The van der Waals surface area contributed by atoms with Crippen LogP contribution in [0.5, 0.6) is 0 Å². The van der Waals surface area contributed by atoms with E-state index in [2.05, 4.69) is 20.3 Å². The molecule has 0 spiro atoms. The summed E-state index contributed by atoms with van der Waals surface area (Å²) < 4.78 is 40.4. The van der Waals surface area contributed by atoms with Crippen molar-refractivity contribution >= 4 is 40.4 Å². The molecule has 6 rings (SSSR count). The molecule has 39 heavy (non-hydrogen) atoms. The number of aromatic carboxylic acids is 1. The van der Waals surface area contributed by atoms with Crippen LogP contribution in [0.1, 0.15) is 52.1 Å². The summed E-state index contributed by atoms with van der Waals surface area (Å²) in [5, 5.41) is 16.4. The minimum absolute atomic E-state index is 0.148. The molecule has 1 fully saturated rings. The Morgan fingerprint density at radius 2 is 2.03 bits per heavy atom. The van der Waals surface area contributed by atoms with Crippen LogP contribution in [0.2, 0.25) is 5.02 Å². The van der Waals surface area contributed by atoms with Crippen LogP contribution in [-0.4, -0.2) is 52.9 Å². The normalized spacial score (nSPS) is 19.3. The lowest BCUT2D eigenvalue weighted by Gasteiger charge is -2.33. The van der Waals surface area contributed by atoms with Crippen molar-refractivity contribution in [3.63, 3.8) is 0 Å². The zero-order valence-electron chi connectivity index (χ0n) is 19.8. The molecule has 2 aliphatic rings. The third kappa shape index (κ3) is 4.61. The van der Waals surface area contributed by atoms with Gasteiger partial charge in [0.15, 0.2) is 5.69 Å². The van der Waals surface area contributed by atoms with Gasteiger partial charge in [0.1, 0.15) is 10.7 Å². The van der Waals surface area contributed by atoms with Crippen molar-refractivity contribution in [2.75, 3.05) is 0 Å². The summed E-state index contributed by atoms with van der Waals surface area (Å²) in [7, 11) is 0. The number of nitrogens with zero attached hydrogens (tertiary/aromatic N) is 5. The van der Waals surface area contributed by atoms with Crippen LogP contribution in [0.4, 0.5) is 13.2 Å². The van der Waals surface area contributed by atoms with E-state index in [-0.39, 0.29) is 22.9 Å². The number of aromatic amines is 1. The van der Waals surface area contributed by atoms with Crippen LogP contribution in [0.15, 0.2) is 48.8 Å². The topological polar surface area (TPSA) is 117 Å². The zero-order chi connectivity index (χ0) is 27.5. The molecular weight excluding hydrogens is 557 g/mol. The molecule has 0 saturated carbocycles. The second kappa shape index (κ2) is 9.35. The number of halogens is 4. The van der Waals surface area contributed by atoms with Crippen LogP contribution in [0.25, 0.3) is 21.8 Å². The SMILES string of the molecule is O=C(O)c1ccc(-c2cnc(C3CCC4CC(c5cc(Cl)ccc5-n5cc(C(F)(F)F)nn5)=CC(=O)N43)[nH]2)s1. The van der Waals surface area contributed by atoms with Crippen LogP contribution in [0, 0.1) is 0 Å². The molecule has 0 radical (unpaired) electrons. The maximum Gasteiger partial charge on any atom is 0.436 e. The first kappa shape index (κ1) is 25.3. The minimum Gasteiger partial charge on any atom is -0.477 e. The Labute approximate surface area is 227 Å². The van der Waals surface area contributed by atoms with Gasteiger partial charge in [-0.3, -0.25) is 4.79 Å². The Hall–Kier alpha value is -3.97. The largest absolute Gasteiger partial charge is 0.477 e. The number of nitrogens with one attached hydrogen (secondary N) is 1. The van der Waals surface area contributed by atoms with Gasteiger partial charge in [-0.1, -0.05) is 16.8 Å². The van der Waals surface area contributed by atoms with Gasteiger partial charge < -0.3 is 15.0 Å². The Kier molecular flexibility index (Phi) is 6.07. The van der Waals surface area contributed by atoms with Crippen LogP contribution in [-0.2, 0) is 11.0 Å². The summed E-state index contributed by atoms with van der Waals surface area (Å²) in [4.78, 5) is 35.0. The molecule has 1 aromatic carbocycles. The van der Waals surface area contributed by atoms with E-state index in [1.807, 2.05) is 0 Å². The number of amides is 1. The van der Waals surface area contributed by atoms with Crippen molar-refractivity contribution in [2.45, 2.75) is 37.5 Å². The van der Waals surface area contributed by atoms with Gasteiger partial charge in [-0.05, 0) is 55.2 Å². The molecule has 2 unspecified atom stereocenters. The molecule has 0 aliphatic carbocycles. The van der Waals surface area contributed by atoms with Gasteiger partial charge >= 0.3 is 12.1 Å². The quantitative estimate of drug-likeness (QED) is 0.320. The maximum absolute atomic E-state index is 13.4. The molecule has 5 heterocycles. The number of alkyl halides is 3. The number of H-pyrrole nitrogens is 1. The average Bonchev–Trinajstić information content (AvgIpc) is 3.68. The van der Waals surface area contributed by atoms with Crippen molar-refractivity contribution in [1.29, 1.82) is 0 Å². The Morgan fingerprint density at radius 3 is 2.74 bits per heavy atom. The lowest BCUT2D eigenvalue weighted by molar-refractivity contribution is -0.141. The number of hydrogen-bond acceptors (Lipinski definition) is 6. The molecule has 0 bridgehead atoms. The fraction of sp³-hybridized carbons (Fsp3) is 0.240. The molecule has 4 aromatic rings. The second-order valence-corrected chi connectivity index (χ2v) is 10.7. The molecular formula is C25H18ClF3N6O3S. The third-order valence-electron chi connectivity index (χ3n) is 6.84. The van der Waals surface area contributed by atoms with E-state index < -0.39 is 17.8 Å². The van der Waals surface area contributed by atoms with Gasteiger partial charge in [0.05, 0.1) is 34.7 Å². The van der Waals surface area contributed by atoms with Gasteiger partial charge in [0.25, 0.3) is 0 Å². The Morgan fingerprint density at radius 1 is 1.21 bits per heavy atom. The molecule has 14 heteroatoms. The Balaban J connectivity index is 1.29. The highest BCUT2D eigenvalue weighted by molar-refractivity contribution is 7.17. The van der Waals surface area contributed by atoms with Gasteiger partial charge in [0.2, 0.25) is 5.91 Å². The van der Waals surface area contributed by atoms with Crippen molar-refractivity contribution in [3.05, 3.63) is 75.8 Å². The van der Waals surface area contributed by atoms with Crippen LogP contribution in [0.3, 0.4) is 0 Å². The van der Waals surface area contributed by atoms with Gasteiger partial charge in [-0.25, -0.2) is 14.5 Å². The molecule has 3 aromatic heterocycles. The minimum atomic E-state index is -4.64. The van der Waals surface area contributed by atoms with Gasteiger partial charge in [-0.2, -0.15) is 13.2 Å². The zero-order valence-corrected chi connectivity index (χ0v) is 21.4. The number of carbonyl (C=O) groups excluding carboxylic acids is 1. The fourth-order valence-electron chi connectivity index (χ4n) is 5.11. The van der Waals surface area contributed by atoms with Crippen molar-refractivity contribution < 1.29 is 27.9 Å². The number of thiophene rings is 1. The first-order valence-electron chi connectivity index (χ1n) is 11.8. The average molecular weight is 575 g/mol. The highest BCUT2D eigenvalue weighted by Gasteiger charge is 2.42. The molecule has 200 valence electrons. The van der Waals surface area contributed by atoms with E-state index in [0.717, 1.165) is 27.1 Å². The molecule has 1 amide bonds. The van der Waals surface area contributed by atoms with E-state index in [1.165, 1.54) is 12.1 Å². The van der Waals surface area contributed by atoms with Crippen molar-refractivity contribution in [3.8, 4) is 16.3 Å². The van der Waals surface area contributed by atoms with E-state index >= 15 is 0 Å². The summed E-state index contributed by atoms with van der Waals surface area (Å²) in [6.07, 6.45) is 1.10. The maximum atomic E-state index is 13.4. The molecule has 2 atom stereocenters. The Bertz CT molecular complexity index is 1640. The summed E-state index contributed by atoms with van der Waals surface area (Å²) in [6.45, 7) is 0. The summed E-state index contributed by atoms with van der Waals surface area (Å²) in [5.41, 5.74) is 1.02. The van der Waals surface area contributed by atoms with Gasteiger partial charge in [-0.15, -0.1) is 16.4 Å². The highest BCUT2D eigenvalue weighted by atomic mass is 35.5. The molecule has 9 nitrogen and oxygen atoms in total. The summed E-state index contributed by atoms with van der Waals surface area (Å²) >= 11 is 7.36. The van der Waals surface area contributed by atoms with E-state index in [9.17, 15) is 27.9 Å². The first-order valence-corrected chi connectivity index (χ1v) is 13.0. The van der Waals surface area contributed by atoms with E-state index in [4.69, 9.17) is 11.6 Å². The highest BCUT2D eigenvalue weighted by Crippen LogP contribution is 2.43. The number of carbonyl (C=O) groups is 2. The van der Waals surface area contributed by atoms with Crippen LogP contribution < -0.4 is 0 Å². The lowest BCUT2D eigenvalue weighted by Crippen LogP contribution is -2.39. The number of hydrogen-bond donors (Lipinski definition) is 2.